The number of carbonyl (C=O) groups excluding carboxylic acids is 1. The Labute approximate surface area is 120 Å². The minimum absolute atomic E-state index is 0.0648. The van der Waals surface area contributed by atoms with Crippen molar-refractivity contribution in [3.8, 4) is 0 Å². The first-order valence-electron chi connectivity index (χ1n) is 5.60. The Kier molecular flexibility index (Phi) is 4.20. The molecule has 2 aromatic rings. The molecule has 0 N–H and O–H groups in total. The van der Waals surface area contributed by atoms with Gasteiger partial charge in [0.15, 0.2) is 5.78 Å². The van der Waals surface area contributed by atoms with E-state index in [0.717, 1.165) is 15.6 Å². The second-order valence-electron chi connectivity index (χ2n) is 4.17. The Morgan fingerprint density at radius 2 is 1.94 bits per heavy atom. The fourth-order valence-electron chi connectivity index (χ4n) is 1.76. The number of benzene rings is 2. The van der Waals surface area contributed by atoms with Gasteiger partial charge in [-0.05, 0) is 36.2 Å². The first-order chi connectivity index (χ1) is 8.58. The maximum absolute atomic E-state index is 12.2. The summed E-state index contributed by atoms with van der Waals surface area (Å²) in [5.74, 6) is 0.0648. The van der Waals surface area contributed by atoms with Crippen LogP contribution in [0.3, 0.4) is 0 Å². The lowest BCUT2D eigenvalue weighted by atomic mass is 10.0. The molecule has 1 nitrogen and oxygen atoms in total. The number of Topliss-reactive ketones (excluding diaryl/α,β-unsaturated/α-hetero) is 1. The minimum atomic E-state index is 0.0648. The summed E-state index contributed by atoms with van der Waals surface area (Å²) < 4.78 is 0.833. The van der Waals surface area contributed by atoms with Crippen molar-refractivity contribution < 1.29 is 4.79 Å². The van der Waals surface area contributed by atoms with E-state index in [1.54, 1.807) is 6.07 Å². The van der Waals surface area contributed by atoms with Crippen molar-refractivity contribution in [1.29, 1.82) is 0 Å². The van der Waals surface area contributed by atoms with Gasteiger partial charge in [-0.3, -0.25) is 4.79 Å². The topological polar surface area (TPSA) is 17.1 Å². The summed E-state index contributed by atoms with van der Waals surface area (Å²) in [5.41, 5.74) is 2.67. The molecule has 0 radical (unpaired) electrons. The first-order valence-corrected chi connectivity index (χ1v) is 6.78. The Balaban J connectivity index is 2.25. The molecule has 0 saturated heterocycles. The average Bonchev–Trinajstić information content (AvgIpc) is 2.32. The van der Waals surface area contributed by atoms with Gasteiger partial charge in [-0.25, -0.2) is 0 Å². The zero-order valence-electron chi connectivity index (χ0n) is 9.91. The fraction of sp³-hybridized carbons (Fsp3) is 0.133. The summed E-state index contributed by atoms with van der Waals surface area (Å²) in [6.07, 6.45) is 0.321. The highest BCUT2D eigenvalue weighted by Gasteiger charge is 2.12. The number of ketones is 1. The van der Waals surface area contributed by atoms with Crippen molar-refractivity contribution in [3.63, 3.8) is 0 Å². The summed E-state index contributed by atoms with van der Waals surface area (Å²) >= 11 is 9.48. The molecule has 0 aromatic heterocycles. The van der Waals surface area contributed by atoms with Gasteiger partial charge in [0.2, 0.25) is 0 Å². The van der Waals surface area contributed by atoms with Gasteiger partial charge in [0, 0.05) is 21.5 Å². The van der Waals surface area contributed by atoms with E-state index in [2.05, 4.69) is 15.9 Å². The van der Waals surface area contributed by atoms with E-state index in [1.165, 1.54) is 0 Å². The Hall–Kier alpha value is -1.12. The van der Waals surface area contributed by atoms with Crippen LogP contribution < -0.4 is 0 Å². The van der Waals surface area contributed by atoms with Crippen LogP contribution in [0.4, 0.5) is 0 Å². The monoisotopic (exact) mass is 322 g/mol. The molecular weight excluding hydrogens is 312 g/mol. The molecule has 0 aliphatic heterocycles. The van der Waals surface area contributed by atoms with Gasteiger partial charge < -0.3 is 0 Å². The molecule has 0 spiro atoms. The van der Waals surface area contributed by atoms with E-state index in [9.17, 15) is 4.79 Å². The van der Waals surface area contributed by atoms with Crippen LogP contribution in [0.5, 0.6) is 0 Å². The zero-order chi connectivity index (χ0) is 13.1. The maximum atomic E-state index is 12.2. The summed E-state index contributed by atoms with van der Waals surface area (Å²) in [6, 6.07) is 13.1. The molecule has 92 valence electrons. The number of hydrogen-bond donors (Lipinski definition) is 0. The molecule has 0 aliphatic rings. The van der Waals surface area contributed by atoms with Crippen LogP contribution in [-0.2, 0) is 6.42 Å². The highest BCUT2D eigenvalue weighted by Crippen LogP contribution is 2.22. The van der Waals surface area contributed by atoms with E-state index in [1.807, 2.05) is 43.3 Å². The Bertz CT molecular complexity index is 593. The molecule has 0 bridgehead atoms. The van der Waals surface area contributed by atoms with Crippen molar-refractivity contribution in [2.75, 3.05) is 0 Å². The van der Waals surface area contributed by atoms with Crippen LogP contribution in [0, 0.1) is 6.92 Å². The third kappa shape index (κ3) is 3.01. The fourth-order valence-corrected chi connectivity index (χ4v) is 2.67. The molecule has 0 fully saturated rings. The molecule has 0 saturated carbocycles. The van der Waals surface area contributed by atoms with E-state index in [4.69, 9.17) is 11.6 Å². The van der Waals surface area contributed by atoms with Gasteiger partial charge in [0.05, 0.1) is 0 Å². The molecule has 0 aliphatic carbocycles. The first kappa shape index (κ1) is 13.3. The largest absolute Gasteiger partial charge is 0.294 e. The second kappa shape index (κ2) is 5.68. The van der Waals surface area contributed by atoms with Crippen LogP contribution in [0.2, 0.25) is 5.02 Å². The summed E-state index contributed by atoms with van der Waals surface area (Å²) in [6.45, 7) is 1.99. The molecule has 0 heterocycles. The Morgan fingerprint density at radius 3 is 2.61 bits per heavy atom. The summed E-state index contributed by atoms with van der Waals surface area (Å²) in [5, 5.41) is 0.633. The zero-order valence-corrected chi connectivity index (χ0v) is 12.3. The van der Waals surface area contributed by atoms with E-state index in [0.29, 0.717) is 17.0 Å². The lowest BCUT2D eigenvalue weighted by molar-refractivity contribution is 0.0992. The van der Waals surface area contributed by atoms with Crippen LogP contribution in [-0.4, -0.2) is 5.78 Å². The van der Waals surface area contributed by atoms with E-state index in [-0.39, 0.29) is 5.78 Å². The maximum Gasteiger partial charge on any atom is 0.168 e. The van der Waals surface area contributed by atoms with Gasteiger partial charge >= 0.3 is 0 Å². The number of hydrogen-bond acceptors (Lipinski definition) is 1. The molecule has 0 atom stereocenters. The SMILES string of the molecule is Cc1ccc(C(=O)Cc2ccccc2Cl)c(Br)c1. The third-order valence-electron chi connectivity index (χ3n) is 2.73. The van der Waals surface area contributed by atoms with Crippen molar-refractivity contribution >= 4 is 33.3 Å². The van der Waals surface area contributed by atoms with Gasteiger partial charge in [0.1, 0.15) is 0 Å². The standard InChI is InChI=1S/C15H12BrClO/c1-10-6-7-12(13(16)8-10)15(18)9-11-4-2-3-5-14(11)17/h2-8H,9H2,1H3. The van der Waals surface area contributed by atoms with Gasteiger partial charge in [0.25, 0.3) is 0 Å². The lowest BCUT2D eigenvalue weighted by Crippen LogP contribution is -2.05. The molecule has 2 aromatic carbocycles. The summed E-state index contributed by atoms with van der Waals surface area (Å²) in [7, 11) is 0. The third-order valence-corrected chi connectivity index (χ3v) is 3.76. The average molecular weight is 324 g/mol. The number of aryl methyl sites for hydroxylation is 1. The molecular formula is C15H12BrClO. The van der Waals surface area contributed by atoms with Crippen LogP contribution in [0.1, 0.15) is 21.5 Å². The molecule has 0 amide bonds. The second-order valence-corrected chi connectivity index (χ2v) is 5.44. The minimum Gasteiger partial charge on any atom is -0.294 e. The number of halogens is 2. The predicted octanol–water partition coefficient (Wildman–Crippen LogP) is 4.84. The molecule has 2 rings (SSSR count). The number of rotatable bonds is 3. The molecule has 3 heteroatoms. The van der Waals surface area contributed by atoms with Gasteiger partial charge in [-0.2, -0.15) is 0 Å². The Morgan fingerprint density at radius 1 is 1.22 bits per heavy atom. The summed E-state index contributed by atoms with van der Waals surface area (Å²) in [4.78, 5) is 12.2. The number of carbonyl (C=O) groups is 1. The quantitative estimate of drug-likeness (QED) is 0.739. The van der Waals surface area contributed by atoms with Crippen LogP contribution >= 0.6 is 27.5 Å². The van der Waals surface area contributed by atoms with Crippen molar-refractivity contribution in [1.82, 2.24) is 0 Å². The van der Waals surface area contributed by atoms with Crippen molar-refractivity contribution in [3.05, 3.63) is 68.7 Å². The van der Waals surface area contributed by atoms with E-state index < -0.39 is 0 Å². The highest BCUT2D eigenvalue weighted by atomic mass is 79.9. The van der Waals surface area contributed by atoms with Crippen molar-refractivity contribution in [2.24, 2.45) is 0 Å². The van der Waals surface area contributed by atoms with Crippen LogP contribution in [0.15, 0.2) is 46.9 Å². The highest BCUT2D eigenvalue weighted by molar-refractivity contribution is 9.10. The normalized spacial score (nSPS) is 10.4. The van der Waals surface area contributed by atoms with Crippen molar-refractivity contribution in [2.45, 2.75) is 13.3 Å². The predicted molar refractivity (Wildman–Crippen MR) is 78.4 cm³/mol. The lowest BCUT2D eigenvalue weighted by Gasteiger charge is -2.06. The van der Waals surface area contributed by atoms with Gasteiger partial charge in [-0.1, -0.05) is 51.8 Å². The molecule has 0 unspecified atom stereocenters. The molecule has 18 heavy (non-hydrogen) atoms. The van der Waals surface area contributed by atoms with E-state index >= 15 is 0 Å². The van der Waals surface area contributed by atoms with Gasteiger partial charge in [-0.15, -0.1) is 0 Å². The smallest absolute Gasteiger partial charge is 0.168 e. The van der Waals surface area contributed by atoms with Crippen LogP contribution in [0.25, 0.3) is 0 Å².